The van der Waals surface area contributed by atoms with Crippen LogP contribution >= 0.6 is 12.2 Å². The van der Waals surface area contributed by atoms with Crippen molar-refractivity contribution < 1.29 is 17.4 Å². The van der Waals surface area contributed by atoms with Gasteiger partial charge in [-0.25, -0.2) is 12.6 Å². The first-order valence-electron chi connectivity index (χ1n) is 9.88. The molecule has 3 rings (SSSR count). The average molecular weight is 504 g/mol. The molecule has 0 saturated carbocycles. The van der Waals surface area contributed by atoms with E-state index in [4.69, 9.17) is 17.0 Å². The fourth-order valence-electron chi connectivity index (χ4n) is 3.11. The predicted molar refractivity (Wildman–Crippen MR) is 138 cm³/mol. The summed E-state index contributed by atoms with van der Waals surface area (Å²) >= 11 is 5.32. The third-order valence-electron chi connectivity index (χ3n) is 4.72. The van der Waals surface area contributed by atoms with Crippen LogP contribution in [0.1, 0.15) is 11.1 Å². The highest BCUT2D eigenvalue weighted by Crippen LogP contribution is 2.31. The number of rotatable bonds is 7. The lowest BCUT2D eigenvalue weighted by atomic mass is 10.1. The maximum absolute atomic E-state index is 12.8. The Bertz CT molecular complexity index is 1290. The maximum atomic E-state index is 12.8. The van der Waals surface area contributed by atoms with E-state index in [1.54, 1.807) is 43.5 Å². The lowest BCUT2D eigenvalue weighted by Gasteiger charge is -2.15. The zero-order valence-electron chi connectivity index (χ0n) is 18.6. The molecule has 0 spiro atoms. The number of hydrogen-bond acceptors (Lipinski definition) is 5. The zero-order valence-corrected chi connectivity index (χ0v) is 21.1. The predicted octanol–water partition coefficient (Wildman–Crippen LogP) is 4.66. The summed E-state index contributed by atoms with van der Waals surface area (Å²) < 4.78 is 44.4. The van der Waals surface area contributed by atoms with E-state index in [2.05, 4.69) is 15.4 Å². The summed E-state index contributed by atoms with van der Waals surface area (Å²) in [6.07, 6.45) is 1.16. The minimum absolute atomic E-state index is 0.238. The standard InChI is InChI=1S/C23H25N3O4S3/c1-15-13-16(2)22(21(14-15)30-3)26-32(27)19-9-5-17(6-10-19)24-23(31)25-18-7-11-20(12-8-18)33(4,28)29/h5-14,26H,1-4H3,(H2,24,25,31). The molecule has 3 N–H and O–H groups in total. The van der Waals surface area contributed by atoms with Gasteiger partial charge in [0.25, 0.3) is 0 Å². The van der Waals surface area contributed by atoms with Crippen LogP contribution in [0, 0.1) is 13.8 Å². The third-order valence-corrected chi connectivity index (χ3v) is 7.15. The molecule has 0 saturated heterocycles. The second-order valence-electron chi connectivity index (χ2n) is 7.43. The molecule has 0 amide bonds. The van der Waals surface area contributed by atoms with E-state index in [0.717, 1.165) is 17.4 Å². The van der Waals surface area contributed by atoms with E-state index in [1.165, 1.54) is 12.1 Å². The van der Waals surface area contributed by atoms with Gasteiger partial charge in [-0.05, 0) is 91.8 Å². The minimum atomic E-state index is -3.25. The van der Waals surface area contributed by atoms with Crippen LogP contribution < -0.4 is 20.1 Å². The van der Waals surface area contributed by atoms with E-state index in [1.807, 2.05) is 26.0 Å². The lowest BCUT2D eigenvalue weighted by molar-refractivity contribution is 0.416. The first-order valence-corrected chi connectivity index (χ1v) is 13.3. The quantitative estimate of drug-likeness (QED) is 0.404. The van der Waals surface area contributed by atoms with E-state index >= 15 is 0 Å². The Hall–Kier alpha value is -2.95. The van der Waals surface area contributed by atoms with Gasteiger partial charge < -0.3 is 15.4 Å². The van der Waals surface area contributed by atoms with E-state index in [0.29, 0.717) is 32.8 Å². The average Bonchev–Trinajstić information content (AvgIpc) is 2.75. The molecular weight excluding hydrogens is 478 g/mol. The summed E-state index contributed by atoms with van der Waals surface area (Å²) in [5.41, 5.74) is 4.07. The molecular formula is C23H25N3O4S3. The molecule has 0 aliphatic heterocycles. The van der Waals surface area contributed by atoms with Gasteiger partial charge in [0, 0.05) is 17.6 Å². The number of hydrogen-bond donors (Lipinski definition) is 3. The van der Waals surface area contributed by atoms with Crippen molar-refractivity contribution in [1.29, 1.82) is 0 Å². The van der Waals surface area contributed by atoms with Crippen molar-refractivity contribution in [3.8, 4) is 5.75 Å². The number of methoxy groups -OCH3 is 1. The molecule has 0 fully saturated rings. The SMILES string of the molecule is COc1cc(C)cc(C)c1NS(=O)c1ccc(NC(=S)Nc2ccc(S(C)(=O)=O)cc2)cc1. The molecule has 3 aromatic rings. The Morgan fingerprint density at radius 1 is 0.939 bits per heavy atom. The molecule has 0 radical (unpaired) electrons. The Kier molecular flexibility index (Phi) is 7.72. The smallest absolute Gasteiger partial charge is 0.175 e. The van der Waals surface area contributed by atoms with Crippen molar-refractivity contribution >= 4 is 55.2 Å². The monoisotopic (exact) mass is 503 g/mol. The van der Waals surface area contributed by atoms with Gasteiger partial charge in [0.05, 0.1) is 22.6 Å². The first kappa shape index (κ1) is 24.7. The highest BCUT2D eigenvalue weighted by molar-refractivity contribution is 7.90. The van der Waals surface area contributed by atoms with Crippen LogP contribution in [0.4, 0.5) is 17.1 Å². The summed E-state index contributed by atoms with van der Waals surface area (Å²) in [6.45, 7) is 3.91. The van der Waals surface area contributed by atoms with E-state index in [-0.39, 0.29) is 4.90 Å². The van der Waals surface area contributed by atoms with Crippen molar-refractivity contribution in [2.24, 2.45) is 0 Å². The summed E-state index contributed by atoms with van der Waals surface area (Å²) in [6, 6.07) is 17.2. The van der Waals surface area contributed by atoms with Gasteiger partial charge in [0.15, 0.2) is 14.9 Å². The van der Waals surface area contributed by atoms with Crippen molar-refractivity contribution in [2.75, 3.05) is 28.7 Å². The number of sulfone groups is 1. The molecule has 33 heavy (non-hydrogen) atoms. The maximum Gasteiger partial charge on any atom is 0.175 e. The summed E-state index contributed by atoms with van der Waals surface area (Å²) in [4.78, 5) is 0.834. The molecule has 3 aromatic carbocycles. The normalized spacial score (nSPS) is 12.0. The largest absolute Gasteiger partial charge is 0.495 e. The van der Waals surface area contributed by atoms with Gasteiger partial charge >= 0.3 is 0 Å². The number of thiocarbonyl (C=S) groups is 1. The summed E-state index contributed by atoms with van der Waals surface area (Å²) in [5, 5.41) is 6.39. The fourth-order valence-corrected chi connectivity index (χ4v) is 4.93. The van der Waals surface area contributed by atoms with Crippen LogP contribution in [-0.2, 0) is 20.8 Å². The van der Waals surface area contributed by atoms with Crippen molar-refractivity contribution in [1.82, 2.24) is 0 Å². The molecule has 0 heterocycles. The van der Waals surface area contributed by atoms with Gasteiger partial charge in [0.1, 0.15) is 16.7 Å². The topological polar surface area (TPSA) is 96.5 Å². The third kappa shape index (κ3) is 6.53. The second kappa shape index (κ2) is 10.3. The Morgan fingerprint density at radius 2 is 1.48 bits per heavy atom. The highest BCUT2D eigenvalue weighted by atomic mass is 32.2. The number of nitrogens with one attached hydrogen (secondary N) is 3. The van der Waals surface area contributed by atoms with Gasteiger partial charge in [0.2, 0.25) is 0 Å². The summed E-state index contributed by atoms with van der Waals surface area (Å²) in [5.74, 6) is 0.639. The molecule has 7 nitrogen and oxygen atoms in total. The number of aryl methyl sites for hydroxylation is 2. The number of benzene rings is 3. The van der Waals surface area contributed by atoms with Crippen LogP contribution in [0.3, 0.4) is 0 Å². The number of ether oxygens (including phenoxy) is 1. The van der Waals surface area contributed by atoms with Crippen LogP contribution in [0.15, 0.2) is 70.5 Å². The Morgan fingerprint density at radius 3 is 2.00 bits per heavy atom. The molecule has 174 valence electrons. The van der Waals surface area contributed by atoms with Crippen LogP contribution in [0.2, 0.25) is 0 Å². The van der Waals surface area contributed by atoms with Gasteiger partial charge in [-0.2, -0.15) is 0 Å². The van der Waals surface area contributed by atoms with Gasteiger partial charge in [-0.1, -0.05) is 6.07 Å². The Balaban J connectivity index is 1.63. The lowest BCUT2D eigenvalue weighted by Crippen LogP contribution is -2.19. The van der Waals surface area contributed by atoms with Crippen LogP contribution in [0.5, 0.6) is 5.75 Å². The molecule has 0 aliphatic carbocycles. The molecule has 10 heteroatoms. The van der Waals surface area contributed by atoms with Crippen LogP contribution in [-0.4, -0.2) is 31.1 Å². The van der Waals surface area contributed by atoms with E-state index in [9.17, 15) is 12.6 Å². The first-order chi connectivity index (χ1) is 15.6. The van der Waals surface area contributed by atoms with E-state index < -0.39 is 20.8 Å². The van der Waals surface area contributed by atoms with Crippen molar-refractivity contribution in [3.05, 3.63) is 71.8 Å². The highest BCUT2D eigenvalue weighted by Gasteiger charge is 2.12. The minimum Gasteiger partial charge on any atom is -0.495 e. The molecule has 0 bridgehead atoms. The molecule has 1 atom stereocenters. The second-order valence-corrected chi connectivity index (χ2v) is 11.1. The molecule has 0 aromatic heterocycles. The van der Waals surface area contributed by atoms with Crippen molar-refractivity contribution in [2.45, 2.75) is 23.6 Å². The van der Waals surface area contributed by atoms with Gasteiger partial charge in [-0.3, -0.25) is 4.72 Å². The fraction of sp³-hybridized carbons (Fsp3) is 0.174. The molecule has 1 unspecified atom stereocenters. The summed E-state index contributed by atoms with van der Waals surface area (Å²) in [7, 11) is -3.15. The Labute approximate surface area is 202 Å². The van der Waals surface area contributed by atoms with Crippen molar-refractivity contribution in [3.63, 3.8) is 0 Å². The number of anilines is 3. The molecule has 0 aliphatic rings. The van der Waals surface area contributed by atoms with Crippen LogP contribution in [0.25, 0.3) is 0 Å². The zero-order chi connectivity index (χ0) is 24.2. The van der Waals surface area contributed by atoms with Gasteiger partial charge in [-0.15, -0.1) is 0 Å².